The third kappa shape index (κ3) is 4.33. The Labute approximate surface area is 132 Å². The van der Waals surface area contributed by atoms with Crippen LogP contribution in [-0.4, -0.2) is 16.1 Å². The molecule has 0 saturated carbocycles. The van der Waals surface area contributed by atoms with Crippen LogP contribution in [0.1, 0.15) is 24.2 Å². The lowest BCUT2D eigenvalue weighted by atomic mass is 10.2. The highest BCUT2D eigenvalue weighted by atomic mass is 32.2. The van der Waals surface area contributed by atoms with E-state index in [1.807, 2.05) is 12.1 Å². The molecule has 2 aromatic carbocycles. The van der Waals surface area contributed by atoms with E-state index in [9.17, 15) is 14.9 Å². The lowest BCUT2D eigenvalue weighted by Gasteiger charge is -2.07. The van der Waals surface area contributed by atoms with Crippen molar-refractivity contribution < 1.29 is 9.72 Å². The summed E-state index contributed by atoms with van der Waals surface area (Å²) in [5.41, 5.74) is 0.862. The van der Waals surface area contributed by atoms with Gasteiger partial charge in [-0.1, -0.05) is 19.9 Å². The first-order valence-electron chi connectivity index (χ1n) is 6.78. The van der Waals surface area contributed by atoms with E-state index in [2.05, 4.69) is 19.2 Å². The summed E-state index contributed by atoms with van der Waals surface area (Å²) in [4.78, 5) is 23.5. The maximum absolute atomic E-state index is 12.1. The molecule has 0 spiro atoms. The third-order valence-electron chi connectivity index (χ3n) is 2.80. The van der Waals surface area contributed by atoms with Gasteiger partial charge in [-0.3, -0.25) is 14.9 Å². The molecule has 1 amide bonds. The van der Waals surface area contributed by atoms with Crippen LogP contribution in [0.4, 0.5) is 11.4 Å². The van der Waals surface area contributed by atoms with Gasteiger partial charge in [-0.15, -0.1) is 11.8 Å². The topological polar surface area (TPSA) is 72.2 Å². The first-order chi connectivity index (χ1) is 10.5. The molecule has 0 aliphatic rings. The Hall–Kier alpha value is -2.34. The van der Waals surface area contributed by atoms with Gasteiger partial charge in [0.15, 0.2) is 0 Å². The fourth-order valence-electron chi connectivity index (χ4n) is 1.86. The van der Waals surface area contributed by atoms with Crippen LogP contribution >= 0.6 is 11.8 Å². The van der Waals surface area contributed by atoms with Crippen LogP contribution in [0.2, 0.25) is 0 Å². The molecule has 0 aliphatic carbocycles. The molecule has 0 saturated heterocycles. The minimum absolute atomic E-state index is 0.0542. The molecule has 0 aromatic heterocycles. The molecule has 1 N–H and O–H groups in total. The Morgan fingerprint density at radius 3 is 2.45 bits per heavy atom. The van der Waals surface area contributed by atoms with Gasteiger partial charge in [-0.25, -0.2) is 0 Å². The zero-order valence-electron chi connectivity index (χ0n) is 12.3. The highest BCUT2D eigenvalue weighted by Gasteiger charge is 2.10. The number of non-ortho nitro benzene ring substituents is 1. The maximum atomic E-state index is 12.1. The van der Waals surface area contributed by atoms with E-state index in [0.717, 1.165) is 4.90 Å². The Balaban J connectivity index is 2.08. The van der Waals surface area contributed by atoms with Crippen molar-refractivity contribution in [2.45, 2.75) is 24.0 Å². The van der Waals surface area contributed by atoms with Crippen molar-refractivity contribution >= 4 is 29.0 Å². The summed E-state index contributed by atoms with van der Waals surface area (Å²) in [6, 6.07) is 13.2. The van der Waals surface area contributed by atoms with Crippen LogP contribution in [0.15, 0.2) is 53.4 Å². The molecule has 22 heavy (non-hydrogen) atoms. The highest BCUT2D eigenvalue weighted by Crippen LogP contribution is 2.23. The number of nitro groups is 1. The number of thioether (sulfide) groups is 1. The van der Waals surface area contributed by atoms with E-state index < -0.39 is 4.92 Å². The number of hydrogen-bond acceptors (Lipinski definition) is 4. The summed E-state index contributed by atoms with van der Waals surface area (Å²) in [5, 5.41) is 13.9. The van der Waals surface area contributed by atoms with Gasteiger partial charge in [-0.2, -0.15) is 0 Å². The number of amides is 1. The molecule has 5 nitrogen and oxygen atoms in total. The van der Waals surface area contributed by atoms with E-state index in [0.29, 0.717) is 16.5 Å². The third-order valence-corrected chi connectivity index (χ3v) is 3.82. The van der Waals surface area contributed by atoms with E-state index in [1.165, 1.54) is 18.2 Å². The molecule has 114 valence electrons. The molecule has 0 bridgehead atoms. The van der Waals surface area contributed by atoms with Gasteiger partial charge in [0, 0.05) is 33.5 Å². The minimum atomic E-state index is -0.492. The Bertz CT molecular complexity index is 684. The Morgan fingerprint density at radius 1 is 1.18 bits per heavy atom. The first-order valence-corrected chi connectivity index (χ1v) is 7.66. The average Bonchev–Trinajstić information content (AvgIpc) is 2.47. The summed E-state index contributed by atoms with van der Waals surface area (Å²) in [6.45, 7) is 4.21. The number of anilines is 1. The summed E-state index contributed by atoms with van der Waals surface area (Å²) in [5.74, 6) is -0.290. The molecule has 0 fully saturated rings. The fraction of sp³-hybridized carbons (Fsp3) is 0.188. The SMILES string of the molecule is CC(C)Sc1ccc(C(=O)Nc2cccc([N+](=O)[O-])c2)cc1. The smallest absolute Gasteiger partial charge is 0.271 e. The van der Waals surface area contributed by atoms with E-state index >= 15 is 0 Å². The Kier molecular flexibility index (Phi) is 5.16. The second-order valence-electron chi connectivity index (χ2n) is 4.95. The van der Waals surface area contributed by atoms with Gasteiger partial charge in [0.05, 0.1) is 4.92 Å². The van der Waals surface area contributed by atoms with E-state index in [4.69, 9.17) is 0 Å². The van der Waals surface area contributed by atoms with Crippen molar-refractivity contribution in [1.82, 2.24) is 0 Å². The molecule has 6 heteroatoms. The van der Waals surface area contributed by atoms with Gasteiger partial charge in [0.25, 0.3) is 11.6 Å². The van der Waals surface area contributed by atoms with Gasteiger partial charge < -0.3 is 5.32 Å². The molecule has 0 atom stereocenters. The number of carbonyl (C=O) groups excluding carboxylic acids is 1. The van der Waals surface area contributed by atoms with Crippen LogP contribution in [0.3, 0.4) is 0 Å². The number of carbonyl (C=O) groups is 1. The number of nitrogens with zero attached hydrogens (tertiary/aromatic N) is 1. The van der Waals surface area contributed by atoms with E-state index in [1.54, 1.807) is 30.0 Å². The first kappa shape index (κ1) is 16.0. The van der Waals surface area contributed by atoms with Crippen LogP contribution in [0.5, 0.6) is 0 Å². The number of rotatable bonds is 5. The number of hydrogen-bond donors (Lipinski definition) is 1. The highest BCUT2D eigenvalue weighted by molar-refractivity contribution is 7.99. The summed E-state index contributed by atoms with van der Waals surface area (Å²) < 4.78 is 0. The number of nitrogens with one attached hydrogen (secondary N) is 1. The van der Waals surface area contributed by atoms with Crippen LogP contribution < -0.4 is 5.32 Å². The second-order valence-corrected chi connectivity index (χ2v) is 6.60. The van der Waals surface area contributed by atoms with Gasteiger partial charge >= 0.3 is 0 Å². The predicted octanol–water partition coefficient (Wildman–Crippen LogP) is 4.35. The minimum Gasteiger partial charge on any atom is -0.322 e. The molecular weight excluding hydrogens is 300 g/mol. The molecule has 2 aromatic rings. The molecule has 0 heterocycles. The molecule has 0 unspecified atom stereocenters. The predicted molar refractivity (Wildman–Crippen MR) is 88.5 cm³/mol. The van der Waals surface area contributed by atoms with Crippen molar-refractivity contribution in [3.63, 3.8) is 0 Å². The molecule has 0 aliphatic heterocycles. The molecule has 0 radical (unpaired) electrons. The maximum Gasteiger partial charge on any atom is 0.271 e. The van der Waals surface area contributed by atoms with Gasteiger partial charge in [0.2, 0.25) is 0 Å². The van der Waals surface area contributed by atoms with Crippen molar-refractivity contribution in [3.05, 3.63) is 64.2 Å². The molecular formula is C16H16N2O3S. The summed E-state index contributed by atoms with van der Waals surface area (Å²) in [7, 11) is 0. The quantitative estimate of drug-likeness (QED) is 0.506. The zero-order chi connectivity index (χ0) is 16.1. The lowest BCUT2D eigenvalue weighted by Crippen LogP contribution is -2.11. The fourth-order valence-corrected chi connectivity index (χ4v) is 2.70. The van der Waals surface area contributed by atoms with Crippen molar-refractivity contribution in [2.24, 2.45) is 0 Å². The zero-order valence-corrected chi connectivity index (χ0v) is 13.1. The van der Waals surface area contributed by atoms with Crippen LogP contribution in [0.25, 0.3) is 0 Å². The molecule has 2 rings (SSSR count). The number of benzene rings is 2. The van der Waals surface area contributed by atoms with Crippen LogP contribution in [-0.2, 0) is 0 Å². The van der Waals surface area contributed by atoms with Crippen molar-refractivity contribution in [3.8, 4) is 0 Å². The lowest BCUT2D eigenvalue weighted by molar-refractivity contribution is -0.384. The van der Waals surface area contributed by atoms with Gasteiger partial charge in [0.1, 0.15) is 0 Å². The summed E-state index contributed by atoms with van der Waals surface area (Å²) in [6.07, 6.45) is 0. The standard InChI is InChI=1S/C16H16N2O3S/c1-11(2)22-15-8-6-12(7-9-15)16(19)17-13-4-3-5-14(10-13)18(20)21/h3-11H,1-2H3,(H,17,19). The average molecular weight is 316 g/mol. The Morgan fingerprint density at radius 2 is 1.86 bits per heavy atom. The monoisotopic (exact) mass is 316 g/mol. The van der Waals surface area contributed by atoms with E-state index in [-0.39, 0.29) is 11.6 Å². The van der Waals surface area contributed by atoms with Gasteiger partial charge in [-0.05, 0) is 30.3 Å². The van der Waals surface area contributed by atoms with Crippen LogP contribution in [0, 0.1) is 10.1 Å². The second kappa shape index (κ2) is 7.09. The summed E-state index contributed by atoms with van der Waals surface area (Å²) >= 11 is 1.72. The normalized spacial score (nSPS) is 10.5. The largest absolute Gasteiger partial charge is 0.322 e. The van der Waals surface area contributed by atoms with Crippen molar-refractivity contribution in [1.29, 1.82) is 0 Å². The van der Waals surface area contributed by atoms with Crippen molar-refractivity contribution in [2.75, 3.05) is 5.32 Å². The number of nitro benzene ring substituents is 1.